The summed E-state index contributed by atoms with van der Waals surface area (Å²) in [6.45, 7) is 2.13. The Balaban J connectivity index is 1.56. The summed E-state index contributed by atoms with van der Waals surface area (Å²) >= 11 is 0. The van der Waals surface area contributed by atoms with Gasteiger partial charge in [-0.25, -0.2) is 23.1 Å². The van der Waals surface area contributed by atoms with Gasteiger partial charge >= 0.3 is 0 Å². The lowest BCUT2D eigenvalue weighted by atomic mass is 10.1. The van der Waals surface area contributed by atoms with Crippen LogP contribution in [0.25, 0.3) is 22.2 Å². The summed E-state index contributed by atoms with van der Waals surface area (Å²) in [7, 11) is 0. The number of unbranched alkanes of at least 4 members (excludes halogenated alkanes) is 1. The van der Waals surface area contributed by atoms with Crippen LogP contribution >= 0.6 is 0 Å². The number of fused-ring (bicyclic) bond motifs is 1. The molecule has 0 fully saturated rings. The van der Waals surface area contributed by atoms with Gasteiger partial charge in [-0.3, -0.25) is 0 Å². The van der Waals surface area contributed by atoms with Crippen molar-refractivity contribution in [3.8, 4) is 23.2 Å². The predicted octanol–water partition coefficient (Wildman–Crippen LogP) is 6.46. The Morgan fingerprint density at radius 3 is 2.39 bits per heavy atom. The monoisotopic (exact) mass is 416 g/mol. The summed E-state index contributed by atoms with van der Waals surface area (Å²) in [5, 5.41) is 0.711. The Kier molecular flexibility index (Phi) is 5.99. The first-order valence-corrected chi connectivity index (χ1v) is 10.1. The van der Waals surface area contributed by atoms with E-state index < -0.39 is 17.5 Å². The molecule has 0 radical (unpaired) electrons. The Labute approximate surface area is 178 Å². The second-order valence-electron chi connectivity index (χ2n) is 7.26. The minimum absolute atomic E-state index is 0.182. The van der Waals surface area contributed by atoms with E-state index >= 15 is 0 Å². The lowest BCUT2D eigenvalue weighted by Gasteiger charge is -2.04. The van der Waals surface area contributed by atoms with E-state index in [1.807, 2.05) is 0 Å². The molecule has 0 N–H and O–H groups in total. The molecule has 3 aromatic carbocycles. The summed E-state index contributed by atoms with van der Waals surface area (Å²) < 4.78 is 41.7. The van der Waals surface area contributed by atoms with Crippen LogP contribution in [0.3, 0.4) is 0 Å². The Bertz CT molecular complexity index is 1300. The summed E-state index contributed by atoms with van der Waals surface area (Å²) in [6.07, 6.45) is 6.66. The molecule has 0 bridgehead atoms. The first kappa shape index (κ1) is 20.6. The van der Waals surface area contributed by atoms with Crippen LogP contribution in [0.15, 0.2) is 60.9 Å². The van der Waals surface area contributed by atoms with E-state index in [4.69, 9.17) is 0 Å². The van der Waals surface area contributed by atoms with Crippen LogP contribution in [0.4, 0.5) is 13.2 Å². The maximum atomic E-state index is 14.6. The van der Waals surface area contributed by atoms with Crippen molar-refractivity contribution >= 4 is 10.8 Å². The second-order valence-corrected chi connectivity index (χ2v) is 7.26. The molecule has 4 rings (SSSR count). The van der Waals surface area contributed by atoms with Crippen LogP contribution in [-0.2, 0) is 6.42 Å². The zero-order valence-corrected chi connectivity index (χ0v) is 16.9. The number of aryl methyl sites for hydroxylation is 1. The highest BCUT2D eigenvalue weighted by Crippen LogP contribution is 2.22. The van der Waals surface area contributed by atoms with Crippen LogP contribution in [0, 0.1) is 29.3 Å². The first-order chi connectivity index (χ1) is 15.0. The van der Waals surface area contributed by atoms with Gasteiger partial charge in [-0.05, 0) is 60.2 Å². The molecule has 1 aromatic heterocycles. The van der Waals surface area contributed by atoms with Gasteiger partial charge in [0.1, 0.15) is 5.82 Å². The van der Waals surface area contributed by atoms with Crippen molar-refractivity contribution in [2.75, 3.05) is 0 Å². The zero-order chi connectivity index (χ0) is 21.8. The van der Waals surface area contributed by atoms with E-state index in [0.717, 1.165) is 30.9 Å². The van der Waals surface area contributed by atoms with Gasteiger partial charge in [0, 0.05) is 28.9 Å². The molecule has 0 aliphatic rings. The summed E-state index contributed by atoms with van der Waals surface area (Å²) in [6, 6.07) is 11.9. The van der Waals surface area contributed by atoms with E-state index in [0.29, 0.717) is 22.3 Å². The largest absolute Gasteiger partial charge is 0.236 e. The van der Waals surface area contributed by atoms with Gasteiger partial charge in [0.25, 0.3) is 0 Å². The lowest BCUT2D eigenvalue weighted by Crippen LogP contribution is -1.94. The third-order valence-electron chi connectivity index (χ3n) is 5.00. The third-order valence-corrected chi connectivity index (χ3v) is 5.00. The Hall–Kier alpha value is -3.65. The summed E-state index contributed by atoms with van der Waals surface area (Å²) in [5.74, 6) is 3.88. The fourth-order valence-electron chi connectivity index (χ4n) is 3.25. The van der Waals surface area contributed by atoms with Crippen LogP contribution in [0.2, 0.25) is 0 Å². The molecule has 31 heavy (non-hydrogen) atoms. The predicted molar refractivity (Wildman–Crippen MR) is 116 cm³/mol. The minimum atomic E-state index is -0.895. The molecule has 0 unspecified atom stereocenters. The molecule has 154 valence electrons. The van der Waals surface area contributed by atoms with Crippen molar-refractivity contribution in [3.63, 3.8) is 0 Å². The lowest BCUT2D eigenvalue weighted by molar-refractivity contribution is 0.517. The number of hydrogen-bond acceptors (Lipinski definition) is 2. The van der Waals surface area contributed by atoms with E-state index in [1.165, 1.54) is 18.2 Å². The van der Waals surface area contributed by atoms with E-state index in [2.05, 4.69) is 28.7 Å². The second kappa shape index (κ2) is 9.01. The SMILES string of the molecule is CCCCc1cnc(-c2ccc(C#Cc3ccc4c(F)c(F)ccc4c3)c(F)c2)nc1. The van der Waals surface area contributed by atoms with Gasteiger partial charge < -0.3 is 0 Å². The van der Waals surface area contributed by atoms with E-state index in [1.54, 1.807) is 36.7 Å². The molecule has 1 heterocycles. The van der Waals surface area contributed by atoms with Crippen molar-refractivity contribution in [1.82, 2.24) is 9.97 Å². The minimum Gasteiger partial charge on any atom is -0.236 e. The van der Waals surface area contributed by atoms with Crippen molar-refractivity contribution in [2.45, 2.75) is 26.2 Å². The number of halogens is 3. The molecular formula is C26H19F3N2. The highest BCUT2D eigenvalue weighted by molar-refractivity contribution is 5.84. The summed E-state index contributed by atoms with van der Waals surface area (Å²) in [5.41, 5.74) is 2.45. The van der Waals surface area contributed by atoms with Gasteiger partial charge in [-0.15, -0.1) is 0 Å². The van der Waals surface area contributed by atoms with Crippen molar-refractivity contribution in [1.29, 1.82) is 0 Å². The zero-order valence-electron chi connectivity index (χ0n) is 16.9. The van der Waals surface area contributed by atoms with Gasteiger partial charge in [-0.2, -0.15) is 0 Å². The number of hydrogen-bond donors (Lipinski definition) is 0. The van der Waals surface area contributed by atoms with Crippen molar-refractivity contribution in [3.05, 3.63) is 95.1 Å². The molecule has 0 aliphatic carbocycles. The molecule has 0 saturated carbocycles. The van der Waals surface area contributed by atoms with Crippen LogP contribution in [0.5, 0.6) is 0 Å². The molecule has 0 saturated heterocycles. The molecule has 4 aromatic rings. The van der Waals surface area contributed by atoms with Crippen molar-refractivity contribution in [2.24, 2.45) is 0 Å². The molecule has 0 atom stereocenters. The molecule has 0 aliphatic heterocycles. The molecule has 5 heteroatoms. The standard InChI is InChI=1S/C26H19F3N2/c1-2-3-4-18-15-30-26(31-16-18)21-9-8-19(24(28)14-21)7-5-17-6-11-22-20(13-17)10-12-23(27)25(22)29/h6,8-16H,2-4H2,1H3. The van der Waals surface area contributed by atoms with Crippen molar-refractivity contribution < 1.29 is 13.2 Å². The van der Waals surface area contributed by atoms with E-state index in [-0.39, 0.29) is 10.9 Å². The van der Waals surface area contributed by atoms with Crippen LogP contribution in [0.1, 0.15) is 36.5 Å². The third kappa shape index (κ3) is 4.59. The topological polar surface area (TPSA) is 25.8 Å². The fourth-order valence-corrected chi connectivity index (χ4v) is 3.25. The van der Waals surface area contributed by atoms with E-state index in [9.17, 15) is 13.2 Å². The quantitative estimate of drug-likeness (QED) is 0.357. The Morgan fingerprint density at radius 2 is 1.65 bits per heavy atom. The average molecular weight is 416 g/mol. The molecule has 2 nitrogen and oxygen atoms in total. The molecule has 0 spiro atoms. The first-order valence-electron chi connectivity index (χ1n) is 10.1. The number of benzene rings is 3. The van der Waals surface area contributed by atoms with Crippen LogP contribution in [-0.4, -0.2) is 9.97 Å². The number of rotatable bonds is 4. The van der Waals surface area contributed by atoms with Crippen LogP contribution < -0.4 is 0 Å². The molecular weight excluding hydrogens is 397 g/mol. The summed E-state index contributed by atoms with van der Waals surface area (Å²) in [4.78, 5) is 8.67. The number of nitrogens with zero attached hydrogens (tertiary/aromatic N) is 2. The highest BCUT2D eigenvalue weighted by Gasteiger charge is 2.08. The maximum Gasteiger partial charge on any atom is 0.166 e. The molecule has 0 amide bonds. The normalized spacial score (nSPS) is 10.7. The fraction of sp³-hybridized carbons (Fsp3) is 0.154. The van der Waals surface area contributed by atoms with Gasteiger partial charge in [0.15, 0.2) is 17.5 Å². The van der Waals surface area contributed by atoms with Gasteiger partial charge in [-0.1, -0.05) is 37.3 Å². The van der Waals surface area contributed by atoms with Gasteiger partial charge in [0.2, 0.25) is 0 Å². The Morgan fingerprint density at radius 1 is 0.839 bits per heavy atom. The smallest absolute Gasteiger partial charge is 0.166 e. The maximum absolute atomic E-state index is 14.6. The number of aromatic nitrogens is 2. The average Bonchev–Trinajstić information content (AvgIpc) is 2.79. The highest BCUT2D eigenvalue weighted by atomic mass is 19.2. The van der Waals surface area contributed by atoms with Gasteiger partial charge in [0.05, 0.1) is 5.56 Å².